The molecule has 3 aromatic heterocycles. The zero-order valence-electron chi connectivity index (χ0n) is 35.4. The molecule has 57 heavy (non-hydrogen) atoms. The molecule has 2 nitrogen and oxygen atoms in total. The minimum atomic E-state index is -0.0713. The van der Waals surface area contributed by atoms with Gasteiger partial charge in [0.25, 0.3) is 0 Å². The predicted molar refractivity (Wildman–Crippen MR) is 242 cm³/mol. The van der Waals surface area contributed by atoms with Crippen molar-refractivity contribution >= 4 is 43.2 Å². The van der Waals surface area contributed by atoms with Crippen LogP contribution in [0.25, 0.3) is 76.7 Å². The summed E-state index contributed by atoms with van der Waals surface area (Å²) in [6, 6.07) is 43.5. The number of benzene rings is 5. The molecular formula is C53H53AuN2S. The van der Waals surface area contributed by atoms with Gasteiger partial charge >= 0.3 is 22.4 Å². The van der Waals surface area contributed by atoms with Crippen molar-refractivity contribution in [3.63, 3.8) is 0 Å². The summed E-state index contributed by atoms with van der Waals surface area (Å²) >= 11 is 1.76. The smallest absolute Gasteiger partial charge is 0.656 e. The van der Waals surface area contributed by atoms with Gasteiger partial charge in [-0.1, -0.05) is 149 Å². The van der Waals surface area contributed by atoms with Crippen LogP contribution in [0.1, 0.15) is 105 Å². The molecule has 8 aromatic rings. The maximum absolute atomic E-state index is 5.60. The van der Waals surface area contributed by atoms with Gasteiger partial charge < -0.3 is 4.98 Å². The number of nitrogens with zero attached hydrogens (tertiary/aromatic N) is 2. The van der Waals surface area contributed by atoms with E-state index in [2.05, 4.69) is 198 Å². The van der Waals surface area contributed by atoms with Gasteiger partial charge in [-0.3, -0.25) is 4.98 Å². The van der Waals surface area contributed by atoms with Gasteiger partial charge in [0.2, 0.25) is 0 Å². The van der Waals surface area contributed by atoms with Crippen molar-refractivity contribution in [2.75, 3.05) is 0 Å². The summed E-state index contributed by atoms with van der Waals surface area (Å²) in [4.78, 5) is 10.9. The first-order valence-corrected chi connectivity index (χ1v) is 20.8. The third-order valence-corrected chi connectivity index (χ3v) is 12.1. The van der Waals surface area contributed by atoms with Crippen molar-refractivity contribution in [1.29, 1.82) is 0 Å². The Balaban J connectivity index is 0.00000496. The molecule has 0 saturated carbocycles. The SMILES string of the molecule is CC(C)(C)c1c[c-]c(-c2[c-]c(-c3cc4sccc4c(-c4cc(C(C)(C)C)cc5c4[n-]c4ccc(C(C)(C)C)cc45)n3)cc(-c3ccc(C(C)(C)C)cc3)c2)cc1.[Au+3]. The summed E-state index contributed by atoms with van der Waals surface area (Å²) in [6.07, 6.45) is 0. The zero-order valence-corrected chi connectivity index (χ0v) is 38.4. The molecule has 0 aliphatic carbocycles. The molecule has 0 spiro atoms. The number of hydrogen-bond donors (Lipinski definition) is 0. The first-order valence-electron chi connectivity index (χ1n) is 19.9. The molecule has 0 aliphatic heterocycles. The molecule has 0 fully saturated rings. The zero-order chi connectivity index (χ0) is 39.9. The minimum Gasteiger partial charge on any atom is -0.656 e. The monoisotopic (exact) mass is 946 g/mol. The molecule has 3 heterocycles. The number of fused-ring (bicyclic) bond motifs is 4. The molecule has 0 aliphatic rings. The summed E-state index contributed by atoms with van der Waals surface area (Å²) < 4.78 is 1.20. The average molecular weight is 947 g/mol. The quantitative estimate of drug-likeness (QED) is 0.130. The minimum absolute atomic E-state index is 0. The van der Waals surface area contributed by atoms with Gasteiger partial charge in [0, 0.05) is 15.8 Å². The number of aromatic nitrogens is 2. The van der Waals surface area contributed by atoms with E-state index in [1.807, 2.05) is 0 Å². The van der Waals surface area contributed by atoms with Crippen LogP contribution in [0.3, 0.4) is 0 Å². The maximum atomic E-state index is 5.60. The Morgan fingerprint density at radius 1 is 0.526 bits per heavy atom. The van der Waals surface area contributed by atoms with Gasteiger partial charge in [-0.2, -0.15) is 35.9 Å². The van der Waals surface area contributed by atoms with Crippen molar-refractivity contribution in [2.24, 2.45) is 0 Å². The summed E-state index contributed by atoms with van der Waals surface area (Å²) in [7, 11) is 0. The molecule has 5 aromatic carbocycles. The Morgan fingerprint density at radius 2 is 1.14 bits per heavy atom. The van der Waals surface area contributed by atoms with Gasteiger partial charge in [-0.05, 0) is 71.7 Å². The van der Waals surface area contributed by atoms with E-state index in [1.54, 1.807) is 11.3 Å². The van der Waals surface area contributed by atoms with E-state index in [0.717, 1.165) is 55.6 Å². The van der Waals surface area contributed by atoms with E-state index in [4.69, 9.17) is 9.97 Å². The molecule has 8 rings (SSSR count). The van der Waals surface area contributed by atoms with Gasteiger partial charge in [0.05, 0.1) is 5.69 Å². The number of pyridine rings is 1. The van der Waals surface area contributed by atoms with Crippen molar-refractivity contribution in [3.8, 4) is 44.8 Å². The maximum Gasteiger partial charge on any atom is 3.00 e. The molecule has 0 radical (unpaired) electrons. The van der Waals surface area contributed by atoms with Crippen LogP contribution in [-0.4, -0.2) is 4.98 Å². The Hall–Kier alpha value is -4.25. The van der Waals surface area contributed by atoms with Crippen LogP contribution in [0.2, 0.25) is 0 Å². The van der Waals surface area contributed by atoms with Crippen molar-refractivity contribution in [1.82, 2.24) is 9.97 Å². The van der Waals surface area contributed by atoms with Gasteiger partial charge in [-0.25, -0.2) is 5.56 Å². The number of rotatable bonds is 4. The molecule has 0 bridgehead atoms. The van der Waals surface area contributed by atoms with Crippen molar-refractivity contribution in [2.45, 2.75) is 105 Å². The average Bonchev–Trinajstić information content (AvgIpc) is 3.77. The second-order valence-electron chi connectivity index (χ2n) is 19.7. The fraction of sp³-hybridized carbons (Fsp3) is 0.302. The Morgan fingerprint density at radius 3 is 1.77 bits per heavy atom. The van der Waals surface area contributed by atoms with Gasteiger partial charge in [0.1, 0.15) is 0 Å². The third kappa shape index (κ3) is 7.97. The number of thiophene rings is 1. The van der Waals surface area contributed by atoms with Gasteiger partial charge in [-0.15, -0.1) is 45.6 Å². The van der Waals surface area contributed by atoms with E-state index >= 15 is 0 Å². The third-order valence-electron chi connectivity index (χ3n) is 11.3. The van der Waals surface area contributed by atoms with Crippen LogP contribution in [0.5, 0.6) is 0 Å². The van der Waals surface area contributed by atoms with Crippen LogP contribution < -0.4 is 4.98 Å². The fourth-order valence-electron chi connectivity index (χ4n) is 7.56. The normalized spacial score (nSPS) is 12.8. The summed E-state index contributed by atoms with van der Waals surface area (Å²) in [6.45, 7) is 27.2. The second-order valence-corrected chi connectivity index (χ2v) is 20.7. The Bertz CT molecular complexity index is 2680. The fourth-order valence-corrected chi connectivity index (χ4v) is 8.38. The van der Waals surface area contributed by atoms with E-state index in [1.165, 1.54) is 43.3 Å². The number of hydrogen-bond acceptors (Lipinski definition) is 2. The summed E-state index contributed by atoms with van der Waals surface area (Å²) in [5.41, 5.74) is 15.5. The molecule has 4 heteroatoms. The van der Waals surface area contributed by atoms with Gasteiger partial charge in [0.15, 0.2) is 0 Å². The molecule has 0 saturated heterocycles. The van der Waals surface area contributed by atoms with E-state index in [0.29, 0.717) is 0 Å². The van der Waals surface area contributed by atoms with Crippen LogP contribution in [-0.2, 0) is 44.0 Å². The Labute approximate surface area is 359 Å². The first-order chi connectivity index (χ1) is 26.2. The largest absolute Gasteiger partial charge is 3.00 e. The molecule has 292 valence electrons. The molecule has 0 amide bonds. The molecule has 0 N–H and O–H groups in total. The van der Waals surface area contributed by atoms with Crippen LogP contribution >= 0.6 is 11.3 Å². The summed E-state index contributed by atoms with van der Waals surface area (Å²) in [5.74, 6) is 0. The van der Waals surface area contributed by atoms with E-state index in [9.17, 15) is 0 Å². The predicted octanol–water partition coefficient (Wildman–Crippen LogP) is 15.0. The van der Waals surface area contributed by atoms with Crippen molar-refractivity contribution < 1.29 is 22.4 Å². The molecule has 0 atom stereocenters. The Kier molecular flexibility index (Phi) is 10.4. The van der Waals surface area contributed by atoms with Crippen molar-refractivity contribution in [3.05, 3.63) is 137 Å². The van der Waals surface area contributed by atoms with Crippen LogP contribution in [0, 0.1) is 12.1 Å². The molecular weight excluding hydrogens is 894 g/mol. The molecule has 0 unspecified atom stereocenters. The topological polar surface area (TPSA) is 27.0 Å². The van der Waals surface area contributed by atoms with Crippen LogP contribution in [0.15, 0.2) is 102 Å². The van der Waals surface area contributed by atoms with E-state index in [-0.39, 0.29) is 44.0 Å². The summed E-state index contributed by atoms with van der Waals surface area (Å²) in [5, 5.41) is 5.72. The first kappa shape index (κ1) is 40.9. The van der Waals surface area contributed by atoms with Crippen LogP contribution in [0.4, 0.5) is 0 Å². The second kappa shape index (κ2) is 14.5. The van der Waals surface area contributed by atoms with E-state index < -0.39 is 0 Å². The standard InChI is InChI=1S/C53H53N2S.Au/c1-50(2,3)37-17-13-32(14-18-37)34-25-35(33-15-19-38(20-16-33)51(4,5)6)27-36(26-34)46-31-47-41(23-24-56-47)48(55-46)44-30-40(53(10,11)12)29-43-42-28-39(52(7,8)9)21-22-45(42)54-49(43)44;/h13-15,17-26,28-31H,1-12H3;/q-3;+3.